The molecule has 19 rings (SSSR count). The molecule has 0 saturated heterocycles. The van der Waals surface area contributed by atoms with E-state index in [2.05, 4.69) is 298 Å². The van der Waals surface area contributed by atoms with Crippen molar-refractivity contribution in [3.05, 3.63) is 301 Å². The normalized spacial score (nSPS) is 12.7. The molecule has 0 bridgehead atoms. The highest BCUT2D eigenvalue weighted by atomic mass is 15.1. The zero-order valence-electron chi connectivity index (χ0n) is 45.8. The van der Waals surface area contributed by atoms with Crippen LogP contribution in [0, 0.1) is 0 Å². The summed E-state index contributed by atoms with van der Waals surface area (Å²) in [6.45, 7) is 0. The van der Waals surface area contributed by atoms with Crippen molar-refractivity contribution in [3.63, 3.8) is 0 Å². The van der Waals surface area contributed by atoms with E-state index >= 15 is 0 Å². The van der Waals surface area contributed by atoms with Crippen molar-refractivity contribution in [1.82, 2.24) is 8.80 Å². The highest BCUT2D eigenvalue weighted by molar-refractivity contribution is 6.38. The number of benzene rings is 13. The minimum Gasteiger partial charge on any atom is -0.310 e. The lowest BCUT2D eigenvalue weighted by Crippen LogP contribution is -2.10. The SMILES string of the molecule is c1ccc(-c2c3c4cccc5c6cc(N(c7ccccc7)c7ccc8c(c7)-c7ccccc7C8)ccc6n(c3c(-c3ccccc3)c3c6cccc7c8cc(N(c9ccccc9)c9ccc%10c(c9)-c9ccccc9C%10)ccc8n(c23)c76)c54)cc1. The lowest BCUT2D eigenvalue weighted by Gasteiger charge is -2.26. The van der Waals surface area contributed by atoms with Crippen molar-refractivity contribution >= 4 is 110 Å². The fourth-order valence-corrected chi connectivity index (χ4v) is 15.3. The molecule has 0 amide bonds. The molecule has 0 atom stereocenters. The second kappa shape index (κ2) is 17.3. The van der Waals surface area contributed by atoms with Crippen molar-refractivity contribution in [2.75, 3.05) is 9.80 Å². The summed E-state index contributed by atoms with van der Waals surface area (Å²) < 4.78 is 5.25. The lowest BCUT2D eigenvalue weighted by atomic mass is 9.89. The summed E-state index contributed by atoms with van der Waals surface area (Å²) in [7, 11) is 0. The summed E-state index contributed by atoms with van der Waals surface area (Å²) in [5.41, 5.74) is 29.9. The standard InChI is InChI=1S/C80H50N4/c1-5-19-49(20-6-1)73-75-65-33-17-31-63-70-48-60(82(56-27-11-4-12-28-56)58-38-36-54-44-52-24-14-16-30-62(52)68(54)46-58)40-42-72(70)84(77(63)65)80(75)74(50-21-7-2-8-22-50)76-66-34-18-32-64-69-47-59(39-41-71(69)83(78(64)66)79(73)76)81(55-25-9-3-10-26-55)57-37-35-53-43-51-23-13-15-29-61(51)67(53)45-57/h1-42,45-48H,43-44H2. The smallest absolute Gasteiger partial charge is 0.0634 e. The van der Waals surface area contributed by atoms with Gasteiger partial charge in [-0.15, -0.1) is 0 Å². The third-order valence-electron chi connectivity index (χ3n) is 18.7. The average molecular weight is 1070 g/mol. The quantitative estimate of drug-likeness (QED) is 0.151. The van der Waals surface area contributed by atoms with Crippen LogP contribution in [0.5, 0.6) is 0 Å². The van der Waals surface area contributed by atoms with E-state index in [1.807, 2.05) is 0 Å². The van der Waals surface area contributed by atoms with Gasteiger partial charge in [-0.3, -0.25) is 0 Å². The van der Waals surface area contributed by atoms with Gasteiger partial charge in [-0.1, -0.05) is 194 Å². The number of rotatable bonds is 8. The Bertz CT molecular complexity index is 5200. The van der Waals surface area contributed by atoms with Gasteiger partial charge in [-0.25, -0.2) is 0 Å². The molecule has 0 fully saturated rings. The summed E-state index contributed by atoms with van der Waals surface area (Å²) >= 11 is 0. The number of fused-ring (bicyclic) bond motifs is 18. The fraction of sp³-hybridized carbons (Fsp3) is 0.0250. The second-order valence-corrected chi connectivity index (χ2v) is 23.1. The molecular formula is C80H50N4. The van der Waals surface area contributed by atoms with E-state index in [-0.39, 0.29) is 0 Å². The van der Waals surface area contributed by atoms with Crippen LogP contribution in [-0.4, -0.2) is 8.80 Å². The molecule has 84 heavy (non-hydrogen) atoms. The molecule has 0 spiro atoms. The van der Waals surface area contributed by atoms with Gasteiger partial charge < -0.3 is 18.6 Å². The first-order valence-corrected chi connectivity index (χ1v) is 29.3. The number of nitrogens with zero attached hydrogens (tertiary/aromatic N) is 4. The van der Waals surface area contributed by atoms with Gasteiger partial charge >= 0.3 is 0 Å². The Balaban J connectivity index is 0.884. The maximum atomic E-state index is 2.63. The van der Waals surface area contributed by atoms with Gasteiger partial charge in [0.05, 0.1) is 33.1 Å². The molecular weight excluding hydrogens is 1020 g/mol. The molecule has 4 nitrogen and oxygen atoms in total. The minimum atomic E-state index is 0.965. The Morgan fingerprint density at radius 3 is 1.04 bits per heavy atom. The molecule has 17 aromatic rings. The first-order chi connectivity index (χ1) is 41.7. The van der Waals surface area contributed by atoms with Crippen LogP contribution in [0.25, 0.3) is 121 Å². The zero-order chi connectivity index (χ0) is 54.7. The number of aromatic nitrogens is 2. The molecule has 2 aliphatic rings. The van der Waals surface area contributed by atoms with Gasteiger partial charge in [-0.2, -0.15) is 0 Å². The van der Waals surface area contributed by atoms with E-state index in [0.717, 1.165) is 47.0 Å². The number of anilines is 6. The zero-order valence-corrected chi connectivity index (χ0v) is 45.8. The van der Waals surface area contributed by atoms with Crippen LogP contribution in [0.4, 0.5) is 34.1 Å². The van der Waals surface area contributed by atoms with E-state index < -0.39 is 0 Å². The molecule has 4 aromatic heterocycles. The molecule has 390 valence electrons. The number of hydrogen-bond donors (Lipinski definition) is 0. The van der Waals surface area contributed by atoms with E-state index in [0.29, 0.717) is 0 Å². The Morgan fingerprint density at radius 1 is 0.238 bits per heavy atom. The van der Waals surface area contributed by atoms with E-state index in [1.165, 1.54) is 143 Å². The average Bonchev–Trinajstić information content (AvgIpc) is 1.87. The Kier molecular flexibility index (Phi) is 9.42. The number of hydrogen-bond acceptors (Lipinski definition) is 2. The van der Waals surface area contributed by atoms with Crippen LogP contribution < -0.4 is 9.80 Å². The molecule has 13 aromatic carbocycles. The van der Waals surface area contributed by atoms with Gasteiger partial charge in [0.1, 0.15) is 0 Å². The van der Waals surface area contributed by atoms with Crippen LogP contribution in [-0.2, 0) is 12.8 Å². The molecule has 2 aliphatic carbocycles. The van der Waals surface area contributed by atoms with Crippen LogP contribution in [0.1, 0.15) is 22.3 Å². The minimum absolute atomic E-state index is 0.965. The summed E-state index contributed by atoms with van der Waals surface area (Å²) in [6, 6.07) is 104. The highest BCUT2D eigenvalue weighted by Crippen LogP contribution is 2.55. The monoisotopic (exact) mass is 1070 g/mol. The molecule has 0 aliphatic heterocycles. The molecule has 0 N–H and O–H groups in total. The van der Waals surface area contributed by atoms with Gasteiger partial charge in [0.2, 0.25) is 0 Å². The van der Waals surface area contributed by atoms with Crippen LogP contribution in [0.15, 0.2) is 279 Å². The first kappa shape index (κ1) is 45.8. The lowest BCUT2D eigenvalue weighted by molar-refractivity contribution is 1.25. The summed E-state index contributed by atoms with van der Waals surface area (Å²) in [4.78, 5) is 4.88. The molecule has 4 heterocycles. The summed E-state index contributed by atoms with van der Waals surface area (Å²) in [6.07, 6.45) is 1.93. The predicted molar refractivity (Wildman–Crippen MR) is 352 cm³/mol. The van der Waals surface area contributed by atoms with Gasteiger partial charge in [0.25, 0.3) is 0 Å². The molecule has 0 radical (unpaired) electrons. The van der Waals surface area contributed by atoms with E-state index in [1.54, 1.807) is 0 Å². The van der Waals surface area contributed by atoms with Gasteiger partial charge in [-0.05, 0) is 153 Å². The van der Waals surface area contributed by atoms with Crippen molar-refractivity contribution in [2.24, 2.45) is 0 Å². The fourth-order valence-electron chi connectivity index (χ4n) is 15.3. The van der Waals surface area contributed by atoms with Crippen LogP contribution >= 0.6 is 0 Å². The van der Waals surface area contributed by atoms with E-state index in [4.69, 9.17) is 0 Å². The van der Waals surface area contributed by atoms with Crippen molar-refractivity contribution in [3.8, 4) is 44.5 Å². The maximum Gasteiger partial charge on any atom is 0.0634 e. The first-order valence-electron chi connectivity index (χ1n) is 29.3. The Labute approximate surface area is 484 Å². The van der Waals surface area contributed by atoms with E-state index in [9.17, 15) is 0 Å². The Hall–Kier alpha value is -10.9. The van der Waals surface area contributed by atoms with Gasteiger partial charge in [0, 0.05) is 88.3 Å². The summed E-state index contributed by atoms with van der Waals surface area (Å²) in [5, 5.41) is 9.97. The molecule has 0 saturated carbocycles. The predicted octanol–water partition coefficient (Wildman–Crippen LogP) is 21.4. The number of para-hydroxylation sites is 4. The second-order valence-electron chi connectivity index (χ2n) is 23.1. The molecule has 4 heteroatoms. The summed E-state index contributed by atoms with van der Waals surface area (Å²) in [5.74, 6) is 0. The third-order valence-corrected chi connectivity index (χ3v) is 18.7. The van der Waals surface area contributed by atoms with Crippen LogP contribution in [0.2, 0.25) is 0 Å². The highest BCUT2D eigenvalue weighted by Gasteiger charge is 2.32. The van der Waals surface area contributed by atoms with Crippen molar-refractivity contribution in [1.29, 1.82) is 0 Å². The van der Waals surface area contributed by atoms with Crippen LogP contribution in [0.3, 0.4) is 0 Å². The van der Waals surface area contributed by atoms with Crippen molar-refractivity contribution < 1.29 is 0 Å². The topological polar surface area (TPSA) is 15.3 Å². The Morgan fingerprint density at radius 2 is 0.595 bits per heavy atom. The largest absolute Gasteiger partial charge is 0.310 e. The van der Waals surface area contributed by atoms with Crippen molar-refractivity contribution in [2.45, 2.75) is 12.8 Å². The van der Waals surface area contributed by atoms with Gasteiger partial charge in [0.15, 0.2) is 0 Å². The maximum absolute atomic E-state index is 2.63. The molecule has 0 unspecified atom stereocenters. The third kappa shape index (κ3) is 6.31.